The number of methoxy groups -OCH3 is 1. The SMILES string of the molecule is COc1ccc(C)cc1NC(=O)[C@H](Sc1ccc2c(c1)OCCCO2)c1ccccc1. The molecule has 160 valence electrons. The molecule has 0 bridgehead atoms. The van der Waals surface area contributed by atoms with E-state index >= 15 is 0 Å². The van der Waals surface area contributed by atoms with Gasteiger partial charge in [0, 0.05) is 11.3 Å². The summed E-state index contributed by atoms with van der Waals surface area (Å²) in [7, 11) is 1.60. The zero-order chi connectivity index (χ0) is 21.6. The summed E-state index contributed by atoms with van der Waals surface area (Å²) < 4.78 is 17.0. The molecule has 0 aromatic heterocycles. The van der Waals surface area contributed by atoms with Gasteiger partial charge in [0.2, 0.25) is 5.91 Å². The van der Waals surface area contributed by atoms with Crippen molar-refractivity contribution in [2.75, 3.05) is 25.6 Å². The van der Waals surface area contributed by atoms with Crippen LogP contribution in [-0.2, 0) is 4.79 Å². The van der Waals surface area contributed by atoms with Gasteiger partial charge in [-0.3, -0.25) is 4.79 Å². The highest BCUT2D eigenvalue weighted by atomic mass is 32.2. The third-order valence-corrected chi connectivity index (χ3v) is 6.17. The molecule has 0 saturated heterocycles. The van der Waals surface area contributed by atoms with Crippen LogP contribution in [0.25, 0.3) is 0 Å². The number of benzene rings is 3. The van der Waals surface area contributed by atoms with Crippen LogP contribution in [0.1, 0.15) is 22.8 Å². The fraction of sp³-hybridized carbons (Fsp3) is 0.240. The number of nitrogens with one attached hydrogen (secondary N) is 1. The Hall–Kier alpha value is -3.12. The second kappa shape index (κ2) is 9.79. The summed E-state index contributed by atoms with van der Waals surface area (Å²) in [4.78, 5) is 14.3. The van der Waals surface area contributed by atoms with Gasteiger partial charge in [0.05, 0.1) is 26.0 Å². The molecule has 0 fully saturated rings. The normalized spacial score (nSPS) is 13.7. The number of amides is 1. The number of hydrogen-bond donors (Lipinski definition) is 1. The van der Waals surface area contributed by atoms with Gasteiger partial charge < -0.3 is 19.5 Å². The number of fused-ring (bicyclic) bond motifs is 1. The maximum absolute atomic E-state index is 13.4. The fourth-order valence-electron chi connectivity index (χ4n) is 3.37. The topological polar surface area (TPSA) is 56.8 Å². The molecule has 1 aliphatic rings. The second-order valence-corrected chi connectivity index (χ2v) is 8.44. The van der Waals surface area contributed by atoms with Crippen LogP contribution in [0, 0.1) is 6.92 Å². The molecule has 1 atom stereocenters. The third kappa shape index (κ3) is 5.14. The average molecular weight is 436 g/mol. The van der Waals surface area contributed by atoms with Gasteiger partial charge in [0.1, 0.15) is 11.0 Å². The average Bonchev–Trinajstić information content (AvgIpc) is 3.03. The van der Waals surface area contributed by atoms with E-state index in [1.807, 2.05) is 73.7 Å². The third-order valence-electron chi connectivity index (χ3n) is 4.93. The molecule has 0 spiro atoms. The minimum Gasteiger partial charge on any atom is -0.495 e. The van der Waals surface area contributed by atoms with Crippen LogP contribution in [0.3, 0.4) is 0 Å². The maximum Gasteiger partial charge on any atom is 0.242 e. The Kier molecular flexibility index (Phi) is 6.67. The van der Waals surface area contributed by atoms with Gasteiger partial charge in [-0.05, 0) is 48.4 Å². The summed E-state index contributed by atoms with van der Waals surface area (Å²) in [6, 6.07) is 21.3. The number of thioether (sulfide) groups is 1. The molecule has 1 heterocycles. The van der Waals surface area contributed by atoms with Crippen molar-refractivity contribution >= 4 is 23.4 Å². The monoisotopic (exact) mass is 435 g/mol. The van der Waals surface area contributed by atoms with Gasteiger partial charge in [0.25, 0.3) is 0 Å². The van der Waals surface area contributed by atoms with Crippen LogP contribution in [0.5, 0.6) is 17.2 Å². The molecule has 0 unspecified atom stereocenters. The van der Waals surface area contributed by atoms with Crippen molar-refractivity contribution in [3.05, 3.63) is 77.9 Å². The van der Waals surface area contributed by atoms with Crippen LogP contribution in [0.15, 0.2) is 71.6 Å². The van der Waals surface area contributed by atoms with Crippen molar-refractivity contribution in [1.82, 2.24) is 0 Å². The molecule has 3 aromatic rings. The van der Waals surface area contributed by atoms with Crippen molar-refractivity contribution < 1.29 is 19.0 Å². The molecule has 1 amide bonds. The zero-order valence-corrected chi connectivity index (χ0v) is 18.4. The first-order valence-electron chi connectivity index (χ1n) is 10.2. The number of anilines is 1. The molecule has 3 aromatic carbocycles. The standard InChI is InChI=1S/C25H25NO4S/c1-17-9-11-21(28-2)20(15-17)26-25(27)24(18-7-4-3-5-8-18)31-19-10-12-22-23(16-19)30-14-6-13-29-22/h3-5,7-12,15-16,24H,6,13-14H2,1-2H3,(H,26,27)/t24-/m1/s1. The van der Waals surface area contributed by atoms with Gasteiger partial charge in [0.15, 0.2) is 11.5 Å². The van der Waals surface area contributed by atoms with Crippen molar-refractivity contribution in [2.45, 2.75) is 23.5 Å². The summed E-state index contributed by atoms with van der Waals surface area (Å²) in [6.07, 6.45) is 0.852. The Morgan fingerprint density at radius 1 is 1.00 bits per heavy atom. The maximum atomic E-state index is 13.4. The Bertz CT molecular complexity index is 1050. The van der Waals surface area contributed by atoms with Crippen molar-refractivity contribution in [3.63, 3.8) is 0 Å². The number of hydrogen-bond acceptors (Lipinski definition) is 5. The largest absolute Gasteiger partial charge is 0.495 e. The summed E-state index contributed by atoms with van der Waals surface area (Å²) in [6.45, 7) is 3.25. The summed E-state index contributed by atoms with van der Waals surface area (Å²) in [5, 5.41) is 2.60. The van der Waals surface area contributed by atoms with Crippen LogP contribution in [-0.4, -0.2) is 26.2 Å². The molecular formula is C25H25NO4S. The van der Waals surface area contributed by atoms with Crippen LogP contribution < -0.4 is 19.5 Å². The Morgan fingerprint density at radius 2 is 1.77 bits per heavy atom. The summed E-state index contributed by atoms with van der Waals surface area (Å²) in [5.41, 5.74) is 2.62. The first kappa shape index (κ1) is 21.1. The van der Waals surface area contributed by atoms with Crippen LogP contribution >= 0.6 is 11.8 Å². The molecule has 1 N–H and O–H groups in total. The molecule has 1 aliphatic heterocycles. The van der Waals surface area contributed by atoms with E-state index in [9.17, 15) is 4.79 Å². The summed E-state index contributed by atoms with van der Waals surface area (Å²) >= 11 is 1.48. The molecule has 0 radical (unpaired) electrons. The molecular weight excluding hydrogens is 410 g/mol. The molecule has 0 saturated carbocycles. The lowest BCUT2D eigenvalue weighted by Crippen LogP contribution is -2.19. The summed E-state index contributed by atoms with van der Waals surface area (Å²) in [5.74, 6) is 1.97. The van der Waals surface area contributed by atoms with E-state index in [1.54, 1.807) is 7.11 Å². The minimum atomic E-state index is -0.448. The predicted molar refractivity (Wildman–Crippen MR) is 123 cm³/mol. The fourth-order valence-corrected chi connectivity index (χ4v) is 4.42. The number of carbonyl (C=O) groups is 1. The first-order valence-corrected chi connectivity index (χ1v) is 11.1. The van der Waals surface area contributed by atoms with Crippen molar-refractivity contribution in [2.24, 2.45) is 0 Å². The van der Waals surface area contributed by atoms with E-state index in [0.717, 1.165) is 33.9 Å². The zero-order valence-electron chi connectivity index (χ0n) is 17.6. The number of rotatable bonds is 6. The lowest BCUT2D eigenvalue weighted by molar-refractivity contribution is -0.115. The van der Waals surface area contributed by atoms with E-state index in [0.29, 0.717) is 24.7 Å². The quantitative estimate of drug-likeness (QED) is 0.508. The lowest BCUT2D eigenvalue weighted by Gasteiger charge is -2.19. The number of ether oxygens (including phenoxy) is 3. The van der Waals surface area contributed by atoms with Gasteiger partial charge >= 0.3 is 0 Å². The van der Waals surface area contributed by atoms with Crippen molar-refractivity contribution in [1.29, 1.82) is 0 Å². The molecule has 6 heteroatoms. The van der Waals surface area contributed by atoms with Gasteiger partial charge in [-0.15, -0.1) is 11.8 Å². The molecule has 5 nitrogen and oxygen atoms in total. The number of aryl methyl sites for hydroxylation is 1. The van der Waals surface area contributed by atoms with E-state index in [4.69, 9.17) is 14.2 Å². The molecule has 0 aliphatic carbocycles. The first-order chi connectivity index (χ1) is 15.1. The molecule has 4 rings (SSSR count). The van der Waals surface area contributed by atoms with Crippen LogP contribution in [0.2, 0.25) is 0 Å². The lowest BCUT2D eigenvalue weighted by atomic mass is 10.1. The van der Waals surface area contributed by atoms with Gasteiger partial charge in [-0.2, -0.15) is 0 Å². The van der Waals surface area contributed by atoms with E-state index in [2.05, 4.69) is 5.32 Å². The van der Waals surface area contributed by atoms with Crippen molar-refractivity contribution in [3.8, 4) is 17.2 Å². The minimum absolute atomic E-state index is 0.118. The Morgan fingerprint density at radius 3 is 2.55 bits per heavy atom. The highest BCUT2D eigenvalue weighted by Gasteiger charge is 2.24. The van der Waals surface area contributed by atoms with Gasteiger partial charge in [-0.1, -0.05) is 36.4 Å². The second-order valence-electron chi connectivity index (χ2n) is 7.26. The predicted octanol–water partition coefficient (Wildman–Crippen LogP) is 5.64. The van der Waals surface area contributed by atoms with Gasteiger partial charge in [-0.25, -0.2) is 0 Å². The highest BCUT2D eigenvalue weighted by Crippen LogP contribution is 2.41. The van der Waals surface area contributed by atoms with E-state index < -0.39 is 5.25 Å². The smallest absolute Gasteiger partial charge is 0.242 e. The highest BCUT2D eigenvalue weighted by molar-refractivity contribution is 8.00. The van der Waals surface area contributed by atoms with Crippen LogP contribution in [0.4, 0.5) is 5.69 Å². The Balaban J connectivity index is 1.62. The van der Waals surface area contributed by atoms with E-state index in [-0.39, 0.29) is 5.91 Å². The molecule has 31 heavy (non-hydrogen) atoms. The number of carbonyl (C=O) groups excluding carboxylic acids is 1. The van der Waals surface area contributed by atoms with E-state index in [1.165, 1.54) is 11.8 Å². The Labute approximate surface area is 186 Å².